The van der Waals surface area contributed by atoms with E-state index in [-0.39, 0.29) is 17.7 Å². The van der Waals surface area contributed by atoms with Crippen molar-refractivity contribution in [3.8, 4) is 0 Å². The monoisotopic (exact) mass is 380 g/mol. The maximum atomic E-state index is 12.4. The second-order valence-electron chi connectivity index (χ2n) is 6.34. The molecule has 0 aliphatic heterocycles. The van der Waals surface area contributed by atoms with Gasteiger partial charge in [-0.1, -0.05) is 36.4 Å². The molecule has 0 unspecified atom stereocenters. The molecule has 2 heterocycles. The first-order chi connectivity index (χ1) is 13.4. The molecule has 3 rings (SSSR count). The number of imidazole rings is 1. The van der Waals surface area contributed by atoms with Crippen LogP contribution in [0, 0.1) is 0 Å². The molecule has 0 bridgehead atoms. The number of aromatic nitrogens is 4. The van der Waals surface area contributed by atoms with Crippen LogP contribution < -0.4 is 16.7 Å². The molecule has 0 aliphatic carbocycles. The van der Waals surface area contributed by atoms with Crippen LogP contribution in [0.5, 0.6) is 0 Å². The quantitative estimate of drug-likeness (QED) is 0.518. The molecule has 1 aromatic carbocycles. The van der Waals surface area contributed by atoms with E-state index in [1.54, 1.807) is 6.21 Å². The van der Waals surface area contributed by atoms with E-state index in [1.165, 1.54) is 29.6 Å². The summed E-state index contributed by atoms with van der Waals surface area (Å²) in [5.41, 5.74) is 3.75. The van der Waals surface area contributed by atoms with E-state index in [4.69, 9.17) is 0 Å². The SMILES string of the molecule is CC(C=NNC(=O)Cn1cnc2c1c(=O)n(C)c(=O)n2C)=Cc1ccccc1. The van der Waals surface area contributed by atoms with Gasteiger partial charge in [-0.05, 0) is 18.1 Å². The molecule has 28 heavy (non-hydrogen) atoms. The minimum absolute atomic E-state index is 0.150. The van der Waals surface area contributed by atoms with Crippen LogP contribution in [0.3, 0.4) is 0 Å². The smallest absolute Gasteiger partial charge is 0.315 e. The largest absolute Gasteiger partial charge is 0.332 e. The lowest BCUT2D eigenvalue weighted by Crippen LogP contribution is -2.38. The standard InChI is InChI=1S/C19H20N6O3/c1-13(9-14-7-5-4-6-8-14)10-21-22-15(26)11-25-12-20-17-16(25)18(27)24(3)19(28)23(17)2/h4-10,12H,11H2,1-3H3,(H,22,26). The average molecular weight is 380 g/mol. The van der Waals surface area contributed by atoms with Crippen LogP contribution in [0.15, 0.2) is 56.9 Å². The van der Waals surface area contributed by atoms with Crippen LogP contribution in [-0.4, -0.2) is 30.8 Å². The number of hydrogen-bond acceptors (Lipinski definition) is 5. The molecule has 144 valence electrons. The Hall–Kier alpha value is -3.75. The van der Waals surface area contributed by atoms with Gasteiger partial charge in [-0.15, -0.1) is 0 Å². The van der Waals surface area contributed by atoms with Crippen molar-refractivity contribution in [1.82, 2.24) is 24.1 Å². The highest BCUT2D eigenvalue weighted by atomic mass is 16.2. The summed E-state index contributed by atoms with van der Waals surface area (Å²) in [7, 11) is 2.90. The van der Waals surface area contributed by atoms with Crippen molar-refractivity contribution in [2.75, 3.05) is 0 Å². The fourth-order valence-corrected chi connectivity index (χ4v) is 2.76. The van der Waals surface area contributed by atoms with Crippen LogP contribution in [0.4, 0.5) is 0 Å². The minimum Gasteiger partial charge on any atom is -0.315 e. The van der Waals surface area contributed by atoms with Crippen molar-refractivity contribution < 1.29 is 4.79 Å². The Balaban J connectivity index is 1.73. The number of nitrogens with one attached hydrogen (secondary N) is 1. The van der Waals surface area contributed by atoms with Gasteiger partial charge in [-0.3, -0.25) is 18.7 Å². The second-order valence-corrected chi connectivity index (χ2v) is 6.34. The summed E-state index contributed by atoms with van der Waals surface area (Å²) in [6, 6.07) is 9.74. The molecule has 0 spiro atoms. The Morgan fingerprint density at radius 2 is 1.89 bits per heavy atom. The maximum absolute atomic E-state index is 12.4. The molecule has 0 atom stereocenters. The zero-order valence-electron chi connectivity index (χ0n) is 15.8. The summed E-state index contributed by atoms with van der Waals surface area (Å²) in [6.07, 6.45) is 4.83. The molecule has 9 heteroatoms. The zero-order valence-corrected chi connectivity index (χ0v) is 15.8. The number of hydrogen-bond donors (Lipinski definition) is 1. The van der Waals surface area contributed by atoms with Crippen molar-refractivity contribution in [2.24, 2.45) is 19.2 Å². The molecule has 0 saturated heterocycles. The first kappa shape index (κ1) is 19.0. The van der Waals surface area contributed by atoms with Gasteiger partial charge in [0.05, 0.1) is 12.5 Å². The van der Waals surface area contributed by atoms with Gasteiger partial charge in [-0.2, -0.15) is 5.10 Å². The number of aryl methyl sites for hydroxylation is 1. The van der Waals surface area contributed by atoms with Crippen LogP contribution >= 0.6 is 0 Å². The first-order valence-corrected chi connectivity index (χ1v) is 8.54. The number of amides is 1. The Bertz CT molecular complexity index is 1200. The highest BCUT2D eigenvalue weighted by Crippen LogP contribution is 2.06. The third-order valence-corrected chi connectivity index (χ3v) is 4.18. The van der Waals surface area contributed by atoms with E-state index < -0.39 is 17.2 Å². The predicted octanol–water partition coefficient (Wildman–Crippen LogP) is 0.639. The van der Waals surface area contributed by atoms with Crippen LogP contribution in [0.25, 0.3) is 17.2 Å². The van der Waals surface area contributed by atoms with Gasteiger partial charge in [0, 0.05) is 14.1 Å². The number of carbonyl (C=O) groups is 1. The maximum Gasteiger partial charge on any atom is 0.332 e. The molecule has 1 N–H and O–H groups in total. The molecule has 3 aromatic rings. The van der Waals surface area contributed by atoms with Crippen molar-refractivity contribution in [3.05, 3.63) is 68.6 Å². The van der Waals surface area contributed by atoms with E-state index in [0.29, 0.717) is 0 Å². The zero-order chi connectivity index (χ0) is 20.3. The summed E-state index contributed by atoms with van der Waals surface area (Å²) < 4.78 is 3.64. The summed E-state index contributed by atoms with van der Waals surface area (Å²) in [4.78, 5) is 40.6. The second kappa shape index (κ2) is 7.87. The topological polar surface area (TPSA) is 103 Å². The molecular weight excluding hydrogens is 360 g/mol. The summed E-state index contributed by atoms with van der Waals surface area (Å²) in [5, 5.41) is 3.93. The highest BCUT2D eigenvalue weighted by molar-refractivity contribution is 5.86. The number of fused-ring (bicyclic) bond motifs is 1. The number of carbonyl (C=O) groups excluding carboxylic acids is 1. The average Bonchev–Trinajstić information content (AvgIpc) is 3.09. The fraction of sp³-hybridized carbons (Fsp3) is 0.211. The molecule has 0 saturated carbocycles. The predicted molar refractivity (Wildman–Crippen MR) is 107 cm³/mol. The minimum atomic E-state index is -0.506. The van der Waals surface area contributed by atoms with Crippen molar-refractivity contribution in [3.63, 3.8) is 0 Å². The Morgan fingerprint density at radius 3 is 2.61 bits per heavy atom. The van der Waals surface area contributed by atoms with Gasteiger partial charge in [-0.25, -0.2) is 15.2 Å². The van der Waals surface area contributed by atoms with E-state index in [9.17, 15) is 14.4 Å². The van der Waals surface area contributed by atoms with Gasteiger partial charge >= 0.3 is 5.69 Å². The molecule has 9 nitrogen and oxygen atoms in total. The number of benzene rings is 1. The Labute approximate surface area is 160 Å². The molecular formula is C19H20N6O3. The lowest BCUT2D eigenvalue weighted by atomic mass is 10.1. The third kappa shape index (κ3) is 3.83. The lowest BCUT2D eigenvalue weighted by Gasteiger charge is -2.06. The van der Waals surface area contributed by atoms with Gasteiger partial charge in [0.2, 0.25) is 0 Å². The highest BCUT2D eigenvalue weighted by Gasteiger charge is 2.15. The molecule has 0 fully saturated rings. The number of hydrazone groups is 1. The van der Waals surface area contributed by atoms with E-state index >= 15 is 0 Å². The molecule has 1 amide bonds. The van der Waals surface area contributed by atoms with Gasteiger partial charge < -0.3 is 4.57 Å². The van der Waals surface area contributed by atoms with Crippen LogP contribution in [-0.2, 0) is 25.4 Å². The summed E-state index contributed by atoms with van der Waals surface area (Å²) >= 11 is 0. The fourth-order valence-electron chi connectivity index (χ4n) is 2.76. The lowest BCUT2D eigenvalue weighted by molar-refractivity contribution is -0.121. The molecule has 0 aliphatic rings. The normalized spacial score (nSPS) is 12.0. The number of nitrogens with zero attached hydrogens (tertiary/aromatic N) is 5. The Kier molecular flexibility index (Phi) is 5.35. The number of allylic oxidation sites excluding steroid dienone is 1. The number of rotatable bonds is 5. The van der Waals surface area contributed by atoms with Gasteiger partial charge in [0.15, 0.2) is 11.2 Å². The summed E-state index contributed by atoms with van der Waals surface area (Å²) in [5.74, 6) is -0.418. The van der Waals surface area contributed by atoms with E-state index in [1.807, 2.05) is 43.3 Å². The van der Waals surface area contributed by atoms with Crippen molar-refractivity contribution >= 4 is 29.4 Å². The van der Waals surface area contributed by atoms with E-state index in [0.717, 1.165) is 15.7 Å². The molecule has 0 radical (unpaired) electrons. The van der Waals surface area contributed by atoms with E-state index in [2.05, 4.69) is 15.5 Å². The van der Waals surface area contributed by atoms with Crippen LogP contribution in [0.1, 0.15) is 12.5 Å². The van der Waals surface area contributed by atoms with Crippen molar-refractivity contribution in [2.45, 2.75) is 13.5 Å². The molecule has 2 aromatic heterocycles. The van der Waals surface area contributed by atoms with Gasteiger partial charge in [0.1, 0.15) is 6.54 Å². The third-order valence-electron chi connectivity index (χ3n) is 4.18. The summed E-state index contributed by atoms with van der Waals surface area (Å²) in [6.45, 7) is 1.72. The van der Waals surface area contributed by atoms with Gasteiger partial charge in [0.25, 0.3) is 11.5 Å². The van der Waals surface area contributed by atoms with Crippen LogP contribution in [0.2, 0.25) is 0 Å². The first-order valence-electron chi connectivity index (χ1n) is 8.54. The van der Waals surface area contributed by atoms with Crippen molar-refractivity contribution in [1.29, 1.82) is 0 Å². The Morgan fingerprint density at radius 1 is 1.18 bits per heavy atom.